The van der Waals surface area contributed by atoms with Gasteiger partial charge in [0.2, 0.25) is 5.69 Å². The van der Waals surface area contributed by atoms with E-state index in [0.29, 0.717) is 33.7 Å². The number of aromatic nitrogens is 1. The summed E-state index contributed by atoms with van der Waals surface area (Å²) in [4.78, 5) is 0. The monoisotopic (exact) mass is 486 g/mol. The van der Waals surface area contributed by atoms with Crippen molar-refractivity contribution in [2.24, 2.45) is 12.5 Å². The van der Waals surface area contributed by atoms with Crippen LogP contribution in [-0.4, -0.2) is 0 Å². The zero-order chi connectivity index (χ0) is 31.9. The number of hydrogen-bond acceptors (Lipinski definition) is 2. The Bertz CT molecular complexity index is 1810. The summed E-state index contributed by atoms with van der Waals surface area (Å²) < 4.78 is 70.0. The summed E-state index contributed by atoms with van der Waals surface area (Å²) >= 11 is 0. The van der Waals surface area contributed by atoms with E-state index in [-0.39, 0.29) is 17.2 Å². The third-order valence-corrected chi connectivity index (χ3v) is 7.37. The van der Waals surface area contributed by atoms with Gasteiger partial charge in [0.05, 0.1) is 12.5 Å². The Morgan fingerprint density at radius 1 is 1.17 bits per heavy atom. The van der Waals surface area contributed by atoms with E-state index in [1.165, 1.54) is 0 Å². The van der Waals surface area contributed by atoms with Gasteiger partial charge in [0.25, 0.3) is 0 Å². The fourth-order valence-corrected chi connectivity index (χ4v) is 5.37. The van der Waals surface area contributed by atoms with Crippen LogP contribution in [-0.2, 0) is 13.4 Å². The van der Waals surface area contributed by atoms with Gasteiger partial charge in [-0.3, -0.25) is 0 Å². The second kappa shape index (κ2) is 9.07. The lowest BCUT2D eigenvalue weighted by atomic mass is 9.83. The van der Waals surface area contributed by atoms with Crippen LogP contribution < -0.4 is 4.57 Å². The normalized spacial score (nSPS) is 19.5. The number of nitrogens with zero attached hydrogens (tertiary/aromatic N) is 2. The number of benzene rings is 2. The van der Waals surface area contributed by atoms with Crippen LogP contribution in [0.15, 0.2) is 34.7 Å². The Kier molecular flexibility index (Phi) is 4.37. The first kappa shape index (κ1) is 17.4. The van der Waals surface area contributed by atoms with E-state index in [1.807, 2.05) is 25.1 Å². The molecule has 0 amide bonds. The summed E-state index contributed by atoms with van der Waals surface area (Å²) in [7, 11) is 1.70. The highest BCUT2D eigenvalue weighted by molar-refractivity contribution is 6.11. The number of pyridine rings is 1. The van der Waals surface area contributed by atoms with Gasteiger partial charge in [-0.1, -0.05) is 52.2 Å². The fourth-order valence-electron chi connectivity index (χ4n) is 5.37. The summed E-state index contributed by atoms with van der Waals surface area (Å²) in [6.07, 6.45) is 2.36. The molecule has 2 aromatic heterocycles. The van der Waals surface area contributed by atoms with Gasteiger partial charge < -0.3 is 4.42 Å². The van der Waals surface area contributed by atoms with Gasteiger partial charge in [-0.15, -0.1) is 0 Å². The second-order valence-corrected chi connectivity index (χ2v) is 11.2. The summed E-state index contributed by atoms with van der Waals surface area (Å²) in [5, 5.41) is 11.6. The van der Waals surface area contributed by atoms with Crippen LogP contribution in [0.2, 0.25) is 0 Å². The molecule has 0 aliphatic heterocycles. The van der Waals surface area contributed by atoms with Crippen molar-refractivity contribution in [1.29, 1.82) is 5.26 Å². The van der Waals surface area contributed by atoms with Crippen molar-refractivity contribution < 1.29 is 18.6 Å². The second-order valence-electron chi connectivity index (χ2n) is 11.2. The summed E-state index contributed by atoms with van der Waals surface area (Å²) in [6.45, 7) is 6.00. The van der Waals surface area contributed by atoms with E-state index in [9.17, 15) is 8.00 Å². The van der Waals surface area contributed by atoms with Gasteiger partial charge >= 0.3 is 0 Å². The molecule has 1 aliphatic carbocycles. The molecule has 2 aromatic carbocycles. The Morgan fingerprint density at radius 3 is 2.58 bits per heavy atom. The molecule has 0 saturated heterocycles. The van der Waals surface area contributed by atoms with Gasteiger partial charge in [0, 0.05) is 37.5 Å². The third kappa shape index (κ3) is 4.21. The number of nitriles is 1. The van der Waals surface area contributed by atoms with E-state index < -0.39 is 24.5 Å². The first-order valence-electron chi connectivity index (χ1n) is 16.3. The van der Waals surface area contributed by atoms with Crippen molar-refractivity contribution in [3.05, 3.63) is 63.8 Å². The zero-order valence-corrected chi connectivity index (χ0v) is 22.1. The molecule has 3 heteroatoms. The molecule has 0 atom stereocenters. The molecule has 0 bridgehead atoms. The van der Waals surface area contributed by atoms with E-state index >= 15 is 0 Å². The Balaban J connectivity index is 1.91. The highest BCUT2D eigenvalue weighted by atomic mass is 16.3. The topological polar surface area (TPSA) is 40.8 Å². The molecule has 1 fully saturated rings. The largest absolute Gasteiger partial charge is 0.454 e. The highest BCUT2D eigenvalue weighted by Crippen LogP contribution is 2.42. The number of rotatable bonds is 3. The minimum atomic E-state index is -2.64. The van der Waals surface area contributed by atoms with Crippen LogP contribution in [0.5, 0.6) is 0 Å². The van der Waals surface area contributed by atoms with Gasteiger partial charge in [-0.05, 0) is 73.1 Å². The number of aryl methyl sites for hydroxylation is 1. The molecule has 1 saturated carbocycles. The van der Waals surface area contributed by atoms with Crippen molar-refractivity contribution >= 4 is 21.9 Å². The fraction of sp³-hybridized carbons (Fsp3) is 0.455. The van der Waals surface area contributed by atoms with Crippen molar-refractivity contribution in [2.45, 2.75) is 85.8 Å². The SMILES string of the molecule is [2H]c1c(C([2H])([2H])C(C)(C)C)c(C([2H])([2H])[2H])c(C)[n+](C)c1-c1c(C)ccc2c1oc1c(C#N)cc(C3([2H])CCCCC3)cc12. The van der Waals surface area contributed by atoms with Gasteiger partial charge in [0.1, 0.15) is 18.7 Å². The van der Waals surface area contributed by atoms with Crippen LogP contribution in [0.1, 0.15) is 102 Å². The zero-order valence-electron chi connectivity index (χ0n) is 29.1. The molecular weight excluding hydrogens is 440 g/mol. The summed E-state index contributed by atoms with van der Waals surface area (Å²) in [5.74, 6) is -0.772. The Labute approximate surface area is 225 Å². The smallest absolute Gasteiger partial charge is 0.216 e. The number of hydrogen-bond donors (Lipinski definition) is 0. The molecule has 0 unspecified atom stereocenters. The average Bonchev–Trinajstić information content (AvgIpc) is 3.29. The van der Waals surface area contributed by atoms with Crippen molar-refractivity contribution in [1.82, 2.24) is 0 Å². The minimum absolute atomic E-state index is 0.147. The van der Waals surface area contributed by atoms with E-state index in [2.05, 4.69) is 6.07 Å². The highest BCUT2D eigenvalue weighted by Gasteiger charge is 2.27. The lowest BCUT2D eigenvalue weighted by Crippen LogP contribution is -2.36. The molecular formula is C33H39N2O+. The lowest BCUT2D eigenvalue weighted by Gasteiger charge is -2.22. The molecule has 0 spiro atoms. The van der Waals surface area contributed by atoms with E-state index in [0.717, 1.165) is 54.0 Å². The molecule has 36 heavy (non-hydrogen) atoms. The standard InChI is InChI=1S/C33H39N2O/c1-20-13-14-27-28-16-24(23-11-9-8-10-12-23)15-26(19-34)31(28)36-32(27)30(20)29-17-25(18-33(4,5)6)21(2)22(3)35(29)7/h13-17,23H,8-12,18H2,1-7H3/q+1/i2D3,17D,18D2,23D. The summed E-state index contributed by atoms with van der Waals surface area (Å²) in [6, 6.07) is 9.64. The van der Waals surface area contributed by atoms with Gasteiger partial charge in [-0.2, -0.15) is 9.83 Å². The number of fused-ring (bicyclic) bond motifs is 3. The molecule has 186 valence electrons. The Hall–Kier alpha value is -3.12. The van der Waals surface area contributed by atoms with E-state index in [4.69, 9.17) is 11.3 Å². The third-order valence-electron chi connectivity index (χ3n) is 7.37. The molecule has 5 rings (SSSR count). The lowest BCUT2D eigenvalue weighted by molar-refractivity contribution is -0.667. The molecule has 2 heterocycles. The van der Waals surface area contributed by atoms with Crippen LogP contribution >= 0.6 is 0 Å². The van der Waals surface area contributed by atoms with Gasteiger partial charge in [0.15, 0.2) is 11.3 Å². The quantitative estimate of drug-likeness (QED) is 0.272. The average molecular weight is 487 g/mol. The van der Waals surface area contributed by atoms with Crippen molar-refractivity contribution in [2.75, 3.05) is 0 Å². The van der Waals surface area contributed by atoms with Crippen LogP contribution in [0.3, 0.4) is 0 Å². The van der Waals surface area contributed by atoms with E-state index in [1.54, 1.807) is 45.4 Å². The summed E-state index contributed by atoms with van der Waals surface area (Å²) in [5.41, 5.74) is 2.70. The van der Waals surface area contributed by atoms with Crippen molar-refractivity contribution in [3.63, 3.8) is 0 Å². The first-order chi connectivity index (χ1) is 19.8. The van der Waals surface area contributed by atoms with Crippen LogP contribution in [0, 0.1) is 37.4 Å². The molecule has 4 aromatic rings. The van der Waals surface area contributed by atoms with Crippen LogP contribution in [0.25, 0.3) is 33.2 Å². The Morgan fingerprint density at radius 2 is 1.92 bits per heavy atom. The molecule has 0 N–H and O–H groups in total. The molecule has 0 radical (unpaired) electrons. The van der Waals surface area contributed by atoms with Gasteiger partial charge in [-0.25, -0.2) is 0 Å². The maximum atomic E-state index is 10.1. The number of furan rings is 1. The molecule has 3 nitrogen and oxygen atoms in total. The predicted octanol–water partition coefficient (Wildman–Crippen LogP) is 8.51. The minimum Gasteiger partial charge on any atom is -0.454 e. The predicted molar refractivity (Wildman–Crippen MR) is 148 cm³/mol. The maximum Gasteiger partial charge on any atom is 0.216 e. The first-order valence-corrected chi connectivity index (χ1v) is 12.8. The molecule has 1 aliphatic rings. The maximum absolute atomic E-state index is 10.1. The van der Waals surface area contributed by atoms with Crippen molar-refractivity contribution in [3.8, 4) is 17.3 Å². The van der Waals surface area contributed by atoms with Crippen LogP contribution in [0.4, 0.5) is 0 Å².